The Labute approximate surface area is 315 Å². The molecule has 0 heterocycles. The van der Waals surface area contributed by atoms with Crippen LogP contribution in [0.2, 0.25) is 0 Å². The van der Waals surface area contributed by atoms with Crippen molar-refractivity contribution in [2.75, 3.05) is 4.90 Å². The number of nitrogens with zero attached hydrogens (tertiary/aromatic N) is 1. The molecule has 1 aliphatic carbocycles. The molecule has 0 aliphatic heterocycles. The molecule has 0 saturated heterocycles. The fourth-order valence-electron chi connectivity index (χ4n) is 9.43. The molecule has 1 nitrogen and oxygen atoms in total. The standard InChI is InChI=1S/C53H35N/c1-4-19-40(20-5-1)53(41-21-6-2-7-22-41)47-28-14-18-37-30-31-38-34-39(35-48(53)52(38)51(37)47)43-32-33-50(46-27-13-12-26-45(43)46)54(42-23-8-3-9-24-42)49-29-15-17-36-16-10-11-25-44(36)49/h1-35H. The Morgan fingerprint density at radius 3 is 1.65 bits per heavy atom. The summed E-state index contributed by atoms with van der Waals surface area (Å²) in [7, 11) is 0. The molecule has 0 amide bonds. The van der Waals surface area contributed by atoms with Crippen molar-refractivity contribution in [2.24, 2.45) is 0 Å². The second-order valence-corrected chi connectivity index (χ2v) is 14.4. The van der Waals surface area contributed by atoms with Crippen LogP contribution in [0.15, 0.2) is 212 Å². The Morgan fingerprint density at radius 2 is 0.889 bits per heavy atom. The Bertz CT molecular complexity index is 2990. The van der Waals surface area contributed by atoms with E-state index < -0.39 is 5.41 Å². The van der Waals surface area contributed by atoms with Gasteiger partial charge in [-0.3, -0.25) is 0 Å². The molecule has 10 aromatic rings. The maximum atomic E-state index is 2.50. The van der Waals surface area contributed by atoms with E-state index >= 15 is 0 Å². The third kappa shape index (κ3) is 4.39. The van der Waals surface area contributed by atoms with Crippen molar-refractivity contribution in [1.82, 2.24) is 0 Å². The lowest BCUT2D eigenvalue weighted by atomic mass is 9.67. The van der Waals surface area contributed by atoms with E-state index in [1.807, 2.05) is 0 Å². The second-order valence-electron chi connectivity index (χ2n) is 14.4. The highest BCUT2D eigenvalue weighted by atomic mass is 15.1. The summed E-state index contributed by atoms with van der Waals surface area (Å²) < 4.78 is 0. The van der Waals surface area contributed by atoms with E-state index in [2.05, 4.69) is 217 Å². The van der Waals surface area contributed by atoms with E-state index in [4.69, 9.17) is 0 Å². The largest absolute Gasteiger partial charge is 0.309 e. The van der Waals surface area contributed by atoms with Crippen LogP contribution >= 0.6 is 0 Å². The van der Waals surface area contributed by atoms with Crippen molar-refractivity contribution < 1.29 is 0 Å². The number of hydrogen-bond acceptors (Lipinski definition) is 1. The number of fused-ring (bicyclic) bond motifs is 2. The minimum atomic E-state index is -0.464. The smallest absolute Gasteiger partial charge is 0.0714 e. The van der Waals surface area contributed by atoms with Crippen LogP contribution < -0.4 is 4.90 Å². The highest BCUT2D eigenvalue weighted by Crippen LogP contribution is 2.57. The van der Waals surface area contributed by atoms with Crippen LogP contribution in [0.4, 0.5) is 17.1 Å². The third-order valence-corrected chi connectivity index (χ3v) is 11.7. The SMILES string of the molecule is c1ccc(N(c2cccc3ccccc23)c2ccc(-c3cc4c5c(ccc6cccc(c65)C4(c4ccccc4)c4ccccc4)c3)c3ccccc23)cc1. The molecule has 252 valence electrons. The molecule has 54 heavy (non-hydrogen) atoms. The lowest BCUT2D eigenvalue weighted by Crippen LogP contribution is -2.28. The molecular weight excluding hydrogens is 651 g/mol. The number of para-hydroxylation sites is 1. The highest BCUT2D eigenvalue weighted by molar-refractivity contribution is 6.18. The molecule has 0 atom stereocenters. The van der Waals surface area contributed by atoms with Crippen LogP contribution in [0.3, 0.4) is 0 Å². The molecule has 0 aromatic heterocycles. The topological polar surface area (TPSA) is 3.24 Å². The zero-order chi connectivity index (χ0) is 35.6. The molecule has 1 aliphatic rings. The van der Waals surface area contributed by atoms with Gasteiger partial charge in [0.15, 0.2) is 0 Å². The van der Waals surface area contributed by atoms with E-state index in [1.165, 1.54) is 76.5 Å². The van der Waals surface area contributed by atoms with Crippen molar-refractivity contribution in [2.45, 2.75) is 5.41 Å². The van der Waals surface area contributed by atoms with Gasteiger partial charge in [0.2, 0.25) is 0 Å². The highest BCUT2D eigenvalue weighted by Gasteiger charge is 2.45. The van der Waals surface area contributed by atoms with Crippen molar-refractivity contribution in [3.8, 4) is 11.1 Å². The van der Waals surface area contributed by atoms with Crippen molar-refractivity contribution in [3.63, 3.8) is 0 Å². The van der Waals surface area contributed by atoms with E-state index in [9.17, 15) is 0 Å². The summed E-state index contributed by atoms with van der Waals surface area (Å²) >= 11 is 0. The first-order valence-corrected chi connectivity index (χ1v) is 18.8. The number of benzene rings is 10. The second kappa shape index (κ2) is 12.0. The van der Waals surface area contributed by atoms with Gasteiger partial charge in [-0.1, -0.05) is 176 Å². The Kier molecular flexibility index (Phi) is 6.84. The summed E-state index contributed by atoms with van der Waals surface area (Å²) in [6.45, 7) is 0. The maximum Gasteiger partial charge on any atom is 0.0714 e. The summed E-state index contributed by atoms with van der Waals surface area (Å²) in [6.07, 6.45) is 0. The van der Waals surface area contributed by atoms with E-state index in [0.29, 0.717) is 0 Å². The van der Waals surface area contributed by atoms with Gasteiger partial charge in [0, 0.05) is 16.5 Å². The fraction of sp³-hybridized carbons (Fsp3) is 0.0189. The average Bonchev–Trinajstić information content (AvgIpc) is 3.56. The first kappa shape index (κ1) is 30.6. The van der Waals surface area contributed by atoms with Crippen LogP contribution in [-0.4, -0.2) is 0 Å². The minimum absolute atomic E-state index is 0.464. The number of anilines is 3. The zero-order valence-corrected chi connectivity index (χ0v) is 29.7. The molecule has 1 heteroatoms. The summed E-state index contributed by atoms with van der Waals surface area (Å²) in [5.74, 6) is 0. The first-order chi connectivity index (χ1) is 26.8. The van der Waals surface area contributed by atoms with Crippen LogP contribution in [0.1, 0.15) is 22.3 Å². The predicted molar refractivity (Wildman–Crippen MR) is 228 cm³/mol. The molecule has 0 saturated carbocycles. The van der Waals surface area contributed by atoms with Crippen LogP contribution in [0.5, 0.6) is 0 Å². The summed E-state index contributed by atoms with van der Waals surface area (Å²) in [5, 5.41) is 10.1. The predicted octanol–water partition coefficient (Wildman–Crippen LogP) is 14.1. The molecule has 0 radical (unpaired) electrons. The molecule has 0 N–H and O–H groups in total. The van der Waals surface area contributed by atoms with Crippen molar-refractivity contribution >= 4 is 60.2 Å². The monoisotopic (exact) mass is 685 g/mol. The average molecular weight is 686 g/mol. The molecule has 11 rings (SSSR count). The van der Waals surface area contributed by atoms with Gasteiger partial charge < -0.3 is 4.90 Å². The Hall–Kier alpha value is -6.96. The van der Waals surface area contributed by atoms with E-state index in [-0.39, 0.29) is 0 Å². The molecule has 0 unspecified atom stereocenters. The van der Waals surface area contributed by atoms with Gasteiger partial charge in [-0.25, -0.2) is 0 Å². The van der Waals surface area contributed by atoms with E-state index in [1.54, 1.807) is 0 Å². The Balaban J connectivity index is 1.19. The van der Waals surface area contributed by atoms with Crippen LogP contribution in [0, 0.1) is 0 Å². The summed E-state index contributed by atoms with van der Waals surface area (Å²) in [4.78, 5) is 2.43. The van der Waals surface area contributed by atoms with Gasteiger partial charge in [-0.15, -0.1) is 0 Å². The van der Waals surface area contributed by atoms with Crippen molar-refractivity contribution in [1.29, 1.82) is 0 Å². The summed E-state index contributed by atoms with van der Waals surface area (Å²) in [6, 6.07) is 78.3. The quantitative estimate of drug-likeness (QED) is 0.158. The molecule has 10 aromatic carbocycles. The number of hydrogen-bond donors (Lipinski definition) is 0. The Morgan fingerprint density at radius 1 is 0.333 bits per heavy atom. The van der Waals surface area contributed by atoms with Gasteiger partial charge >= 0.3 is 0 Å². The lowest BCUT2D eigenvalue weighted by Gasteiger charge is -2.34. The molecular formula is C53H35N. The summed E-state index contributed by atoms with van der Waals surface area (Å²) in [5.41, 5.74) is 10.7. The van der Waals surface area contributed by atoms with Gasteiger partial charge in [0.1, 0.15) is 0 Å². The number of rotatable bonds is 6. The first-order valence-electron chi connectivity index (χ1n) is 18.8. The molecule has 0 bridgehead atoms. The van der Waals surface area contributed by atoms with Gasteiger partial charge in [-0.2, -0.15) is 0 Å². The normalized spacial score (nSPS) is 13.0. The molecule has 0 spiro atoms. The lowest BCUT2D eigenvalue weighted by molar-refractivity contribution is 0.771. The molecule has 0 fully saturated rings. The maximum absolute atomic E-state index is 2.50. The van der Waals surface area contributed by atoms with Gasteiger partial charge in [0.05, 0.1) is 16.8 Å². The third-order valence-electron chi connectivity index (χ3n) is 11.7. The minimum Gasteiger partial charge on any atom is -0.309 e. The van der Waals surface area contributed by atoms with E-state index in [0.717, 1.165) is 17.1 Å². The van der Waals surface area contributed by atoms with Crippen LogP contribution in [0.25, 0.3) is 54.2 Å². The fourth-order valence-corrected chi connectivity index (χ4v) is 9.43. The van der Waals surface area contributed by atoms with Gasteiger partial charge in [0.25, 0.3) is 0 Å². The zero-order valence-electron chi connectivity index (χ0n) is 29.7. The van der Waals surface area contributed by atoms with Crippen LogP contribution in [-0.2, 0) is 5.41 Å². The van der Waals surface area contributed by atoms with Gasteiger partial charge in [-0.05, 0) is 102 Å². The van der Waals surface area contributed by atoms with Crippen molar-refractivity contribution in [3.05, 3.63) is 235 Å².